The number of fused-ring (bicyclic) bond motifs is 2. The van der Waals surface area contributed by atoms with E-state index in [4.69, 9.17) is 4.52 Å². The number of hydrogen-bond donors (Lipinski definition) is 4. The van der Waals surface area contributed by atoms with Gasteiger partial charge >= 0.3 is 0 Å². The molecule has 4 rings (SSSR count). The van der Waals surface area contributed by atoms with Crippen LogP contribution in [0.4, 0.5) is 5.82 Å². The standard InChI is InChI=1S/C33H44N8O5/c1-21(2)15-26-32(44)38-27(16-23-9-7-6-8-10-23)31(43)34-13-14-41(19-24-11-12-29(35-18-24)40(4)5)20-25-17-28(39-46-25)33(45)36-22(3)30(42)37-26/h6-12,17-18,21-22,26-27H,13-16,19-20H2,1-5H3,(H,34,43)(H,36,45)(H,37,42)(H,38,44)/t22-,26-,27-/m1/s1. The number of pyridine rings is 1. The topological polar surface area (TPSA) is 162 Å². The Labute approximate surface area is 269 Å². The molecule has 1 aliphatic rings. The van der Waals surface area contributed by atoms with Crippen molar-refractivity contribution in [2.45, 2.75) is 64.8 Å². The minimum absolute atomic E-state index is 0.0289. The van der Waals surface area contributed by atoms with Gasteiger partial charge in [-0.25, -0.2) is 4.98 Å². The fourth-order valence-electron chi connectivity index (χ4n) is 5.09. The molecule has 46 heavy (non-hydrogen) atoms. The van der Waals surface area contributed by atoms with Crippen LogP contribution in [0.2, 0.25) is 0 Å². The van der Waals surface area contributed by atoms with Crippen molar-refractivity contribution in [1.29, 1.82) is 0 Å². The molecule has 0 fully saturated rings. The molecular weight excluding hydrogens is 588 g/mol. The summed E-state index contributed by atoms with van der Waals surface area (Å²) in [5, 5.41) is 15.2. The number of carbonyl (C=O) groups is 4. The van der Waals surface area contributed by atoms with E-state index >= 15 is 0 Å². The van der Waals surface area contributed by atoms with Crippen LogP contribution in [-0.4, -0.2) is 84.0 Å². The second kappa shape index (κ2) is 16.0. The maximum absolute atomic E-state index is 13.6. The van der Waals surface area contributed by atoms with Crippen molar-refractivity contribution >= 4 is 29.4 Å². The van der Waals surface area contributed by atoms with Crippen molar-refractivity contribution in [2.75, 3.05) is 32.1 Å². The van der Waals surface area contributed by atoms with Gasteiger partial charge in [-0.05, 0) is 36.5 Å². The lowest BCUT2D eigenvalue weighted by Crippen LogP contribution is -2.57. The van der Waals surface area contributed by atoms with Crippen LogP contribution in [0, 0.1) is 5.92 Å². The first-order valence-electron chi connectivity index (χ1n) is 15.5. The first-order valence-corrected chi connectivity index (χ1v) is 15.5. The molecule has 0 saturated heterocycles. The van der Waals surface area contributed by atoms with Crippen molar-refractivity contribution in [3.8, 4) is 0 Å². The maximum Gasteiger partial charge on any atom is 0.274 e. The first kappa shape index (κ1) is 34.1. The molecule has 2 aromatic heterocycles. The van der Waals surface area contributed by atoms with Gasteiger partial charge in [0.2, 0.25) is 17.7 Å². The van der Waals surface area contributed by atoms with Gasteiger partial charge in [-0.15, -0.1) is 0 Å². The van der Waals surface area contributed by atoms with Crippen LogP contribution in [0.1, 0.15) is 54.6 Å². The van der Waals surface area contributed by atoms with Crippen molar-refractivity contribution in [3.05, 3.63) is 77.3 Å². The van der Waals surface area contributed by atoms with Crippen LogP contribution in [0.15, 0.2) is 59.3 Å². The van der Waals surface area contributed by atoms with Gasteiger partial charge in [0.15, 0.2) is 11.5 Å². The highest BCUT2D eigenvalue weighted by molar-refractivity contribution is 5.97. The van der Waals surface area contributed by atoms with E-state index in [2.05, 4.69) is 31.4 Å². The highest BCUT2D eigenvalue weighted by Gasteiger charge is 2.30. The Morgan fingerprint density at radius 1 is 0.935 bits per heavy atom. The van der Waals surface area contributed by atoms with E-state index in [0.717, 1.165) is 16.9 Å². The van der Waals surface area contributed by atoms with Gasteiger partial charge in [0.05, 0.1) is 6.54 Å². The average molecular weight is 633 g/mol. The minimum atomic E-state index is -0.966. The van der Waals surface area contributed by atoms with Crippen LogP contribution in [0.25, 0.3) is 0 Å². The summed E-state index contributed by atoms with van der Waals surface area (Å²) in [6.07, 6.45) is 2.40. The van der Waals surface area contributed by atoms with E-state index in [-0.39, 0.29) is 30.5 Å². The minimum Gasteiger partial charge on any atom is -0.363 e. The van der Waals surface area contributed by atoms with Gasteiger partial charge in [0.1, 0.15) is 23.9 Å². The summed E-state index contributed by atoms with van der Waals surface area (Å²) in [6, 6.07) is 12.1. The number of anilines is 1. The van der Waals surface area contributed by atoms with Crippen LogP contribution >= 0.6 is 0 Å². The number of hydrogen-bond acceptors (Lipinski definition) is 9. The van der Waals surface area contributed by atoms with E-state index in [0.29, 0.717) is 31.8 Å². The summed E-state index contributed by atoms with van der Waals surface area (Å²) in [7, 11) is 3.84. The Morgan fingerprint density at radius 2 is 1.67 bits per heavy atom. The highest BCUT2D eigenvalue weighted by Crippen LogP contribution is 2.14. The summed E-state index contributed by atoms with van der Waals surface area (Å²) in [5.74, 6) is -0.599. The number of benzene rings is 1. The Morgan fingerprint density at radius 3 is 2.35 bits per heavy atom. The van der Waals surface area contributed by atoms with Crippen molar-refractivity contribution in [2.24, 2.45) is 5.92 Å². The summed E-state index contributed by atoms with van der Waals surface area (Å²) < 4.78 is 5.49. The Hall–Kier alpha value is -4.78. The monoisotopic (exact) mass is 632 g/mol. The average Bonchev–Trinajstić information content (AvgIpc) is 3.49. The van der Waals surface area contributed by atoms with Crippen molar-refractivity contribution in [1.82, 2.24) is 36.3 Å². The highest BCUT2D eigenvalue weighted by atomic mass is 16.5. The quantitative estimate of drug-likeness (QED) is 0.304. The normalized spacial score (nSPS) is 20.6. The Bertz CT molecular complexity index is 1470. The SMILES string of the molecule is CC(C)C[C@H]1NC(=O)[C@@H](C)NC(=O)c2cc(on2)CN(Cc2ccc(N(C)C)nc2)CCNC(=O)[C@@H](Cc2ccccc2)NC1=O. The molecule has 13 heteroatoms. The molecule has 0 saturated carbocycles. The van der Waals surface area contributed by atoms with Crippen molar-refractivity contribution < 1.29 is 23.7 Å². The molecule has 13 nitrogen and oxygen atoms in total. The van der Waals surface area contributed by atoms with E-state index in [9.17, 15) is 19.2 Å². The molecule has 246 valence electrons. The summed E-state index contributed by atoms with van der Waals surface area (Å²) in [5.41, 5.74) is 1.85. The lowest BCUT2D eigenvalue weighted by molar-refractivity contribution is -0.132. The van der Waals surface area contributed by atoms with E-state index in [1.807, 2.05) is 80.2 Å². The molecule has 0 spiro atoms. The first-order chi connectivity index (χ1) is 22.0. The molecule has 4 N–H and O–H groups in total. The number of amides is 4. The predicted octanol–water partition coefficient (Wildman–Crippen LogP) is 1.64. The lowest BCUT2D eigenvalue weighted by atomic mass is 10.0. The largest absolute Gasteiger partial charge is 0.363 e. The number of aromatic nitrogens is 2. The molecular formula is C33H44N8O5. The van der Waals surface area contributed by atoms with Gasteiger partial charge in [0, 0.05) is 52.4 Å². The summed E-state index contributed by atoms with van der Waals surface area (Å²) in [6.45, 7) is 6.88. The molecule has 3 aromatic rings. The molecule has 2 bridgehead atoms. The summed E-state index contributed by atoms with van der Waals surface area (Å²) in [4.78, 5) is 61.7. The van der Waals surface area contributed by atoms with Gasteiger partial charge in [0.25, 0.3) is 5.91 Å². The number of rotatable bonds is 7. The number of nitrogens with zero attached hydrogens (tertiary/aromatic N) is 4. The van der Waals surface area contributed by atoms with Gasteiger partial charge in [-0.1, -0.05) is 55.4 Å². The third-order valence-electron chi connectivity index (χ3n) is 7.57. The third kappa shape index (κ3) is 9.86. The third-order valence-corrected chi connectivity index (χ3v) is 7.57. The van der Waals surface area contributed by atoms with E-state index in [1.54, 1.807) is 6.20 Å². The zero-order valence-electron chi connectivity index (χ0n) is 27.1. The molecule has 0 aliphatic carbocycles. The van der Waals surface area contributed by atoms with Crippen LogP contribution in [-0.2, 0) is 33.9 Å². The maximum atomic E-state index is 13.6. The number of nitrogens with one attached hydrogen (secondary N) is 4. The fourth-order valence-corrected chi connectivity index (χ4v) is 5.09. The molecule has 0 unspecified atom stereocenters. The second-order valence-electron chi connectivity index (χ2n) is 12.2. The lowest BCUT2D eigenvalue weighted by Gasteiger charge is -2.26. The van der Waals surface area contributed by atoms with Gasteiger partial charge in [-0.3, -0.25) is 24.1 Å². The zero-order valence-corrected chi connectivity index (χ0v) is 27.1. The van der Waals surface area contributed by atoms with E-state index < -0.39 is 35.8 Å². The molecule has 3 atom stereocenters. The smallest absolute Gasteiger partial charge is 0.274 e. The fraction of sp³-hybridized carbons (Fsp3) is 0.455. The second-order valence-corrected chi connectivity index (χ2v) is 12.2. The molecule has 0 radical (unpaired) electrons. The Kier molecular flexibility index (Phi) is 11.8. The van der Waals surface area contributed by atoms with Crippen molar-refractivity contribution in [3.63, 3.8) is 0 Å². The van der Waals surface area contributed by atoms with Gasteiger partial charge in [-0.2, -0.15) is 0 Å². The molecule has 3 heterocycles. The molecule has 1 aliphatic heterocycles. The molecule has 4 amide bonds. The summed E-state index contributed by atoms with van der Waals surface area (Å²) >= 11 is 0. The van der Waals surface area contributed by atoms with Gasteiger partial charge < -0.3 is 30.7 Å². The van der Waals surface area contributed by atoms with E-state index in [1.165, 1.54) is 13.0 Å². The van der Waals surface area contributed by atoms with Crippen LogP contribution in [0.5, 0.6) is 0 Å². The number of carbonyl (C=O) groups excluding carboxylic acids is 4. The predicted molar refractivity (Wildman–Crippen MR) is 173 cm³/mol. The van der Waals surface area contributed by atoms with Crippen LogP contribution in [0.3, 0.4) is 0 Å². The zero-order chi connectivity index (χ0) is 33.2. The Balaban J connectivity index is 1.61. The molecule has 1 aromatic carbocycles. The van der Waals surface area contributed by atoms with Crippen LogP contribution < -0.4 is 26.2 Å².